The number of fused-ring (bicyclic) bond motifs is 1. The Morgan fingerprint density at radius 2 is 1.92 bits per heavy atom. The molecular weight excluding hydrogens is 402 g/mol. The van der Waals surface area contributed by atoms with Crippen LogP contribution >= 0.6 is 22.9 Å². The fraction of sp³-hybridized carbons (Fsp3) is 0.200. The number of thiazole rings is 1. The summed E-state index contributed by atoms with van der Waals surface area (Å²) in [4.78, 5) is 16.8. The molecule has 0 saturated heterocycles. The van der Waals surface area contributed by atoms with Crippen molar-refractivity contribution >= 4 is 43.6 Å². The number of hydrogen-bond donors (Lipinski definition) is 1. The first kappa shape index (κ1) is 18.5. The lowest BCUT2D eigenvalue weighted by molar-refractivity contribution is 0.396. The quantitative estimate of drug-likeness (QED) is 0.687. The van der Waals surface area contributed by atoms with Crippen molar-refractivity contribution in [3.05, 3.63) is 44.8 Å². The minimum atomic E-state index is -4.23. The van der Waals surface area contributed by atoms with Crippen molar-refractivity contribution in [1.82, 2.24) is 9.38 Å². The van der Waals surface area contributed by atoms with Gasteiger partial charge in [0.1, 0.15) is 11.5 Å². The molecular formula is C15H14ClN3O5S2. The van der Waals surface area contributed by atoms with E-state index in [-0.39, 0.29) is 22.2 Å². The molecule has 1 aromatic carbocycles. The number of rotatable bonds is 5. The number of benzene rings is 1. The first-order chi connectivity index (χ1) is 12.3. The Hall–Kier alpha value is -2.30. The van der Waals surface area contributed by atoms with Crippen molar-refractivity contribution in [3.8, 4) is 11.5 Å². The average Bonchev–Trinajstić information content (AvgIpc) is 3.03. The maximum atomic E-state index is 12.9. The van der Waals surface area contributed by atoms with Crippen molar-refractivity contribution in [3.63, 3.8) is 0 Å². The topological polar surface area (TPSA) is 99.0 Å². The summed E-state index contributed by atoms with van der Waals surface area (Å²) in [7, 11) is -1.43. The minimum Gasteiger partial charge on any atom is -0.495 e. The van der Waals surface area contributed by atoms with Crippen LogP contribution in [0.15, 0.2) is 33.4 Å². The van der Waals surface area contributed by atoms with Crippen LogP contribution in [0.2, 0.25) is 5.02 Å². The largest absolute Gasteiger partial charge is 0.495 e. The molecule has 11 heteroatoms. The van der Waals surface area contributed by atoms with E-state index in [4.69, 9.17) is 21.1 Å². The van der Waals surface area contributed by atoms with Gasteiger partial charge in [0.2, 0.25) is 0 Å². The second kappa shape index (κ2) is 6.78. The van der Waals surface area contributed by atoms with E-state index < -0.39 is 20.5 Å². The fourth-order valence-corrected chi connectivity index (χ4v) is 4.72. The molecule has 0 atom stereocenters. The average molecular weight is 416 g/mol. The third-order valence-corrected chi connectivity index (χ3v) is 6.13. The second-order valence-corrected chi connectivity index (χ2v) is 8.08. The number of anilines is 1. The lowest BCUT2D eigenvalue weighted by Crippen LogP contribution is -2.27. The smallest absolute Gasteiger partial charge is 0.279 e. The van der Waals surface area contributed by atoms with E-state index in [0.29, 0.717) is 10.7 Å². The molecule has 0 bridgehead atoms. The maximum Gasteiger partial charge on any atom is 0.279 e. The Kier molecular flexibility index (Phi) is 4.82. The van der Waals surface area contributed by atoms with Gasteiger partial charge in [-0.15, -0.1) is 11.3 Å². The van der Waals surface area contributed by atoms with Gasteiger partial charge < -0.3 is 9.47 Å². The number of sulfonamides is 1. The first-order valence-corrected chi connectivity index (χ1v) is 9.93. The predicted octanol–water partition coefficient (Wildman–Crippen LogP) is 2.54. The maximum absolute atomic E-state index is 12.9. The van der Waals surface area contributed by atoms with Gasteiger partial charge in [-0.05, 0) is 13.0 Å². The molecule has 0 unspecified atom stereocenters. The molecule has 0 aliphatic heterocycles. The molecule has 0 saturated carbocycles. The molecule has 0 amide bonds. The van der Waals surface area contributed by atoms with Crippen molar-refractivity contribution in [2.24, 2.45) is 0 Å². The highest BCUT2D eigenvalue weighted by Crippen LogP contribution is 2.36. The van der Waals surface area contributed by atoms with Crippen LogP contribution in [-0.4, -0.2) is 32.0 Å². The monoisotopic (exact) mass is 415 g/mol. The van der Waals surface area contributed by atoms with Gasteiger partial charge in [0.25, 0.3) is 15.6 Å². The molecule has 2 heterocycles. The summed E-state index contributed by atoms with van der Waals surface area (Å²) in [5.41, 5.74) is -0.504. The molecule has 138 valence electrons. The molecule has 3 rings (SSSR count). The zero-order valence-electron chi connectivity index (χ0n) is 13.9. The number of halogens is 1. The Morgan fingerprint density at radius 1 is 1.23 bits per heavy atom. The van der Waals surface area contributed by atoms with Crippen LogP contribution in [0.25, 0.3) is 4.96 Å². The third-order valence-electron chi connectivity index (χ3n) is 3.58. The molecule has 0 fully saturated rings. The number of aromatic nitrogens is 2. The van der Waals surface area contributed by atoms with Gasteiger partial charge in [0, 0.05) is 17.6 Å². The predicted molar refractivity (Wildman–Crippen MR) is 99.4 cm³/mol. The van der Waals surface area contributed by atoms with Crippen LogP contribution in [-0.2, 0) is 10.0 Å². The Balaban J connectivity index is 2.14. The van der Waals surface area contributed by atoms with Crippen molar-refractivity contribution in [1.29, 1.82) is 0 Å². The van der Waals surface area contributed by atoms with Gasteiger partial charge in [-0.25, -0.2) is 13.4 Å². The summed E-state index contributed by atoms with van der Waals surface area (Å²) in [6, 6.07) is 2.79. The van der Waals surface area contributed by atoms with Gasteiger partial charge in [-0.3, -0.25) is 13.9 Å². The van der Waals surface area contributed by atoms with Crippen LogP contribution in [0, 0.1) is 6.92 Å². The Bertz CT molecular complexity index is 1150. The van der Waals surface area contributed by atoms with Gasteiger partial charge in [0.15, 0.2) is 9.86 Å². The van der Waals surface area contributed by atoms with Gasteiger partial charge >= 0.3 is 0 Å². The lowest BCUT2D eigenvalue weighted by Gasteiger charge is -2.14. The second-order valence-electron chi connectivity index (χ2n) is 5.18. The summed E-state index contributed by atoms with van der Waals surface area (Å²) in [6.07, 6.45) is 1.47. The van der Waals surface area contributed by atoms with E-state index in [0.717, 1.165) is 0 Å². The van der Waals surface area contributed by atoms with E-state index in [2.05, 4.69) is 9.71 Å². The molecule has 3 aromatic rings. The van der Waals surface area contributed by atoms with E-state index in [1.54, 1.807) is 5.38 Å². The number of methoxy groups -OCH3 is 2. The van der Waals surface area contributed by atoms with E-state index in [1.165, 1.54) is 55.2 Å². The van der Waals surface area contributed by atoms with E-state index in [1.807, 2.05) is 0 Å². The summed E-state index contributed by atoms with van der Waals surface area (Å²) >= 11 is 7.30. The van der Waals surface area contributed by atoms with Crippen LogP contribution in [0.5, 0.6) is 11.5 Å². The zero-order valence-corrected chi connectivity index (χ0v) is 16.3. The van der Waals surface area contributed by atoms with E-state index in [9.17, 15) is 13.2 Å². The van der Waals surface area contributed by atoms with Crippen molar-refractivity contribution < 1.29 is 17.9 Å². The Labute approximate surface area is 158 Å². The normalized spacial score (nSPS) is 11.5. The minimum absolute atomic E-state index is 0.0764. The SMILES string of the molecule is COc1cc(OC)c(NS(=O)(=O)c2c(C)nc3sccn3c2=O)cc1Cl. The van der Waals surface area contributed by atoms with Crippen molar-refractivity contribution in [2.45, 2.75) is 11.8 Å². The van der Waals surface area contributed by atoms with Crippen molar-refractivity contribution in [2.75, 3.05) is 18.9 Å². The van der Waals surface area contributed by atoms with Crippen LogP contribution in [0.3, 0.4) is 0 Å². The fourth-order valence-electron chi connectivity index (χ4n) is 2.41. The first-order valence-electron chi connectivity index (χ1n) is 7.19. The molecule has 2 aromatic heterocycles. The highest BCUT2D eigenvalue weighted by atomic mass is 35.5. The third kappa shape index (κ3) is 3.11. The summed E-state index contributed by atoms with van der Waals surface area (Å²) in [5, 5.41) is 1.84. The number of nitrogens with one attached hydrogen (secondary N) is 1. The van der Waals surface area contributed by atoms with Crippen LogP contribution < -0.4 is 19.8 Å². The van der Waals surface area contributed by atoms with Gasteiger partial charge in [-0.1, -0.05) is 11.6 Å². The van der Waals surface area contributed by atoms with Gasteiger partial charge in [-0.2, -0.15) is 0 Å². The lowest BCUT2D eigenvalue weighted by atomic mass is 10.3. The standard InChI is InChI=1S/C15H14ClN3O5S2/c1-8-13(14(20)19-4-5-25-15(19)17-8)26(21,22)18-10-6-9(16)11(23-2)7-12(10)24-3/h4-7,18H,1-3H3. The molecule has 8 nitrogen and oxygen atoms in total. The van der Waals surface area contributed by atoms with E-state index >= 15 is 0 Å². The number of hydrogen-bond acceptors (Lipinski definition) is 7. The number of ether oxygens (including phenoxy) is 2. The highest BCUT2D eigenvalue weighted by molar-refractivity contribution is 7.92. The van der Waals surface area contributed by atoms with Gasteiger partial charge in [0.05, 0.1) is 30.6 Å². The molecule has 0 aliphatic carbocycles. The molecule has 26 heavy (non-hydrogen) atoms. The summed E-state index contributed by atoms with van der Waals surface area (Å²) < 4.78 is 39.5. The highest BCUT2D eigenvalue weighted by Gasteiger charge is 2.26. The number of nitrogens with zero attached hydrogens (tertiary/aromatic N) is 2. The summed E-state index contributed by atoms with van der Waals surface area (Å²) in [6.45, 7) is 1.47. The molecule has 1 N–H and O–H groups in total. The van der Waals surface area contributed by atoms with Crippen LogP contribution in [0.1, 0.15) is 5.69 Å². The Morgan fingerprint density at radius 3 is 2.58 bits per heavy atom. The van der Waals surface area contributed by atoms with Crippen LogP contribution in [0.4, 0.5) is 5.69 Å². The molecule has 0 aliphatic rings. The zero-order chi connectivity index (χ0) is 19.1. The molecule has 0 spiro atoms. The number of aryl methyl sites for hydroxylation is 1. The molecule has 0 radical (unpaired) electrons. The summed E-state index contributed by atoms with van der Waals surface area (Å²) in [5.74, 6) is 0.515.